The summed E-state index contributed by atoms with van der Waals surface area (Å²) in [5.74, 6) is 1.04. The Hall–Kier alpha value is -1.57. The number of nitrogens with zero attached hydrogens (tertiary/aromatic N) is 1. The molecular weight excluding hydrogens is 172 g/mol. The zero-order valence-corrected chi connectivity index (χ0v) is 8.54. The van der Waals surface area contributed by atoms with E-state index in [0.29, 0.717) is 0 Å². The first-order valence-corrected chi connectivity index (χ1v) is 4.90. The minimum atomic E-state index is 0.950. The van der Waals surface area contributed by atoms with Gasteiger partial charge in [-0.05, 0) is 12.5 Å². The van der Waals surface area contributed by atoms with Crippen molar-refractivity contribution in [2.75, 3.05) is 0 Å². The lowest BCUT2D eigenvalue weighted by Gasteiger charge is -1.97. The summed E-state index contributed by atoms with van der Waals surface area (Å²) < 4.78 is 0. The summed E-state index contributed by atoms with van der Waals surface area (Å²) in [6.07, 6.45) is 2.84. The maximum Gasteiger partial charge on any atom is 0.106 e. The van der Waals surface area contributed by atoms with Crippen molar-refractivity contribution < 1.29 is 0 Å². The summed E-state index contributed by atoms with van der Waals surface area (Å²) in [7, 11) is 0. The van der Waals surface area contributed by atoms with Crippen LogP contribution in [0.1, 0.15) is 18.3 Å². The Bertz CT molecular complexity index is 412. The van der Waals surface area contributed by atoms with E-state index in [1.807, 2.05) is 6.20 Å². The van der Waals surface area contributed by atoms with Crippen molar-refractivity contribution in [3.63, 3.8) is 0 Å². The number of hydrogen-bond donors (Lipinski definition) is 1. The van der Waals surface area contributed by atoms with Gasteiger partial charge in [-0.2, -0.15) is 0 Å². The number of imidazole rings is 1. The molecular formula is C12H14N2. The Morgan fingerprint density at radius 3 is 2.50 bits per heavy atom. The lowest BCUT2D eigenvalue weighted by Crippen LogP contribution is -1.82. The summed E-state index contributed by atoms with van der Waals surface area (Å²) >= 11 is 0. The minimum absolute atomic E-state index is 0.950. The van der Waals surface area contributed by atoms with E-state index in [0.717, 1.165) is 17.9 Å². The summed E-state index contributed by atoms with van der Waals surface area (Å²) in [5.41, 5.74) is 3.58. The van der Waals surface area contributed by atoms with Gasteiger partial charge in [-0.15, -0.1) is 0 Å². The van der Waals surface area contributed by atoms with Crippen LogP contribution < -0.4 is 0 Å². The molecule has 0 aliphatic carbocycles. The predicted molar refractivity (Wildman–Crippen MR) is 58.1 cm³/mol. The first-order valence-electron chi connectivity index (χ1n) is 4.90. The van der Waals surface area contributed by atoms with Crippen LogP contribution in [0.15, 0.2) is 30.5 Å². The molecule has 72 valence electrons. The van der Waals surface area contributed by atoms with Crippen molar-refractivity contribution in [3.8, 4) is 11.3 Å². The van der Waals surface area contributed by atoms with E-state index in [2.05, 4.69) is 48.1 Å². The normalized spacial score (nSPS) is 10.4. The molecule has 0 amide bonds. The third-order valence-electron chi connectivity index (χ3n) is 2.33. The van der Waals surface area contributed by atoms with E-state index in [9.17, 15) is 0 Å². The van der Waals surface area contributed by atoms with Crippen LogP contribution in [-0.4, -0.2) is 9.97 Å². The van der Waals surface area contributed by atoms with Gasteiger partial charge in [-0.25, -0.2) is 4.98 Å². The van der Waals surface area contributed by atoms with Gasteiger partial charge >= 0.3 is 0 Å². The Morgan fingerprint density at radius 1 is 1.21 bits per heavy atom. The van der Waals surface area contributed by atoms with Gasteiger partial charge in [0.05, 0.1) is 11.9 Å². The summed E-state index contributed by atoms with van der Waals surface area (Å²) in [6.45, 7) is 4.19. The van der Waals surface area contributed by atoms with Crippen LogP contribution in [-0.2, 0) is 6.42 Å². The second-order valence-corrected chi connectivity index (χ2v) is 3.46. The molecule has 0 fully saturated rings. The number of hydrogen-bond acceptors (Lipinski definition) is 1. The van der Waals surface area contributed by atoms with Crippen LogP contribution in [0.5, 0.6) is 0 Å². The third kappa shape index (κ3) is 1.69. The highest BCUT2D eigenvalue weighted by Gasteiger charge is 2.00. The van der Waals surface area contributed by atoms with E-state index in [-0.39, 0.29) is 0 Å². The monoisotopic (exact) mass is 186 g/mol. The molecule has 2 aromatic rings. The van der Waals surface area contributed by atoms with Gasteiger partial charge in [0.2, 0.25) is 0 Å². The minimum Gasteiger partial charge on any atom is -0.342 e. The topological polar surface area (TPSA) is 28.7 Å². The summed E-state index contributed by atoms with van der Waals surface area (Å²) in [5, 5.41) is 0. The van der Waals surface area contributed by atoms with Crippen molar-refractivity contribution in [1.82, 2.24) is 9.97 Å². The van der Waals surface area contributed by atoms with Crippen molar-refractivity contribution in [3.05, 3.63) is 41.9 Å². The van der Waals surface area contributed by atoms with Gasteiger partial charge < -0.3 is 4.98 Å². The molecule has 0 aliphatic heterocycles. The van der Waals surface area contributed by atoms with Gasteiger partial charge in [-0.3, -0.25) is 0 Å². The standard InChI is InChI=1S/C12H14N2/c1-3-12-13-8-11(14-12)10-6-4-9(2)5-7-10/h4-8H,3H2,1-2H3,(H,13,14). The zero-order valence-electron chi connectivity index (χ0n) is 8.54. The molecule has 0 unspecified atom stereocenters. The Morgan fingerprint density at radius 2 is 1.93 bits per heavy atom. The molecule has 0 saturated heterocycles. The molecule has 0 atom stereocenters. The molecule has 14 heavy (non-hydrogen) atoms. The number of aromatic nitrogens is 2. The lowest BCUT2D eigenvalue weighted by molar-refractivity contribution is 0.991. The first-order chi connectivity index (χ1) is 6.79. The number of H-pyrrole nitrogens is 1. The molecule has 0 spiro atoms. The maximum atomic E-state index is 4.28. The molecule has 2 heteroatoms. The fraction of sp³-hybridized carbons (Fsp3) is 0.250. The Kier molecular flexibility index (Phi) is 2.35. The molecule has 2 rings (SSSR count). The first kappa shape index (κ1) is 9.00. The second kappa shape index (κ2) is 3.66. The highest BCUT2D eigenvalue weighted by molar-refractivity contribution is 5.58. The largest absolute Gasteiger partial charge is 0.342 e. The maximum absolute atomic E-state index is 4.28. The van der Waals surface area contributed by atoms with Gasteiger partial charge in [0.1, 0.15) is 5.82 Å². The van der Waals surface area contributed by atoms with Crippen LogP contribution in [0.2, 0.25) is 0 Å². The summed E-state index contributed by atoms with van der Waals surface area (Å²) in [6, 6.07) is 8.45. The molecule has 0 saturated carbocycles. The fourth-order valence-electron chi connectivity index (χ4n) is 1.42. The number of aryl methyl sites for hydroxylation is 2. The molecule has 2 nitrogen and oxygen atoms in total. The third-order valence-corrected chi connectivity index (χ3v) is 2.33. The molecule has 1 heterocycles. The Balaban J connectivity index is 2.34. The van der Waals surface area contributed by atoms with Gasteiger partial charge in [0.25, 0.3) is 0 Å². The smallest absolute Gasteiger partial charge is 0.106 e. The van der Waals surface area contributed by atoms with Crippen molar-refractivity contribution in [2.45, 2.75) is 20.3 Å². The van der Waals surface area contributed by atoms with E-state index in [1.54, 1.807) is 0 Å². The highest BCUT2D eigenvalue weighted by Crippen LogP contribution is 2.17. The van der Waals surface area contributed by atoms with E-state index >= 15 is 0 Å². The van der Waals surface area contributed by atoms with Crippen LogP contribution in [0.4, 0.5) is 0 Å². The summed E-state index contributed by atoms with van der Waals surface area (Å²) in [4.78, 5) is 7.57. The van der Waals surface area contributed by atoms with Crippen LogP contribution in [0.3, 0.4) is 0 Å². The van der Waals surface area contributed by atoms with Gasteiger partial charge in [0.15, 0.2) is 0 Å². The molecule has 1 aromatic heterocycles. The molecule has 1 N–H and O–H groups in total. The zero-order chi connectivity index (χ0) is 9.97. The highest BCUT2D eigenvalue weighted by atomic mass is 14.9. The van der Waals surface area contributed by atoms with Crippen molar-refractivity contribution in [1.29, 1.82) is 0 Å². The van der Waals surface area contributed by atoms with Crippen molar-refractivity contribution in [2.24, 2.45) is 0 Å². The van der Waals surface area contributed by atoms with E-state index < -0.39 is 0 Å². The molecule has 1 aromatic carbocycles. The quantitative estimate of drug-likeness (QED) is 0.767. The van der Waals surface area contributed by atoms with Crippen molar-refractivity contribution >= 4 is 0 Å². The average molecular weight is 186 g/mol. The number of nitrogens with one attached hydrogen (secondary N) is 1. The predicted octanol–water partition coefficient (Wildman–Crippen LogP) is 2.95. The number of rotatable bonds is 2. The van der Waals surface area contributed by atoms with Crippen LogP contribution in [0.25, 0.3) is 11.3 Å². The van der Waals surface area contributed by atoms with E-state index in [1.165, 1.54) is 11.1 Å². The second-order valence-electron chi connectivity index (χ2n) is 3.46. The van der Waals surface area contributed by atoms with Gasteiger partial charge in [-0.1, -0.05) is 36.8 Å². The Labute approximate surface area is 84.0 Å². The van der Waals surface area contributed by atoms with Crippen LogP contribution in [0, 0.1) is 6.92 Å². The van der Waals surface area contributed by atoms with Gasteiger partial charge in [0, 0.05) is 6.42 Å². The fourth-order valence-corrected chi connectivity index (χ4v) is 1.42. The average Bonchev–Trinajstić information content (AvgIpc) is 2.67. The van der Waals surface area contributed by atoms with Crippen LogP contribution >= 0.6 is 0 Å². The number of aromatic amines is 1. The van der Waals surface area contributed by atoms with E-state index in [4.69, 9.17) is 0 Å². The number of benzene rings is 1. The molecule has 0 aliphatic rings. The lowest BCUT2D eigenvalue weighted by atomic mass is 10.1. The molecule has 0 bridgehead atoms. The molecule has 0 radical (unpaired) electrons. The SMILES string of the molecule is CCc1ncc(-c2ccc(C)cc2)[nH]1.